The van der Waals surface area contributed by atoms with Crippen molar-refractivity contribution in [2.75, 3.05) is 19.7 Å². The van der Waals surface area contributed by atoms with E-state index in [4.69, 9.17) is 9.26 Å². The number of aryl methyl sites for hydroxylation is 1. The molecule has 3 rings (SSSR count). The van der Waals surface area contributed by atoms with Crippen LogP contribution in [-0.4, -0.2) is 44.5 Å². The SMILES string of the molecule is CCO[C@@H](C)c1noc(CN2CCC[C@@H](c3ccnn3C)C2)n1. The van der Waals surface area contributed by atoms with Crippen molar-refractivity contribution in [1.29, 1.82) is 0 Å². The van der Waals surface area contributed by atoms with Crippen LogP contribution in [0.5, 0.6) is 0 Å². The number of aromatic nitrogens is 4. The van der Waals surface area contributed by atoms with Crippen molar-refractivity contribution in [3.63, 3.8) is 0 Å². The Labute approximate surface area is 136 Å². The summed E-state index contributed by atoms with van der Waals surface area (Å²) in [4.78, 5) is 6.84. The number of piperidine rings is 1. The maximum absolute atomic E-state index is 5.50. The maximum Gasteiger partial charge on any atom is 0.240 e. The van der Waals surface area contributed by atoms with Crippen molar-refractivity contribution in [2.45, 2.75) is 45.3 Å². The van der Waals surface area contributed by atoms with Crippen molar-refractivity contribution in [3.05, 3.63) is 29.7 Å². The molecule has 2 aromatic heterocycles. The summed E-state index contributed by atoms with van der Waals surface area (Å²) in [5.74, 6) is 1.81. The van der Waals surface area contributed by atoms with E-state index in [2.05, 4.69) is 26.2 Å². The van der Waals surface area contributed by atoms with Crippen molar-refractivity contribution in [2.24, 2.45) is 7.05 Å². The molecule has 1 fully saturated rings. The first-order valence-corrected chi connectivity index (χ1v) is 8.31. The largest absolute Gasteiger partial charge is 0.371 e. The molecule has 0 amide bonds. The lowest BCUT2D eigenvalue weighted by atomic mass is 9.95. The summed E-state index contributed by atoms with van der Waals surface area (Å²) >= 11 is 0. The highest BCUT2D eigenvalue weighted by molar-refractivity contribution is 5.09. The minimum absolute atomic E-state index is 0.124. The van der Waals surface area contributed by atoms with E-state index in [0.29, 0.717) is 30.8 Å². The van der Waals surface area contributed by atoms with E-state index in [1.807, 2.05) is 31.8 Å². The van der Waals surface area contributed by atoms with Crippen LogP contribution in [0.4, 0.5) is 0 Å². The van der Waals surface area contributed by atoms with Gasteiger partial charge in [-0.05, 0) is 39.3 Å². The first-order valence-electron chi connectivity index (χ1n) is 8.31. The minimum atomic E-state index is -0.124. The Morgan fingerprint density at radius 2 is 2.35 bits per heavy atom. The Morgan fingerprint density at radius 1 is 1.48 bits per heavy atom. The Bertz CT molecular complexity index is 624. The number of likely N-dealkylation sites (tertiary alicyclic amines) is 1. The van der Waals surface area contributed by atoms with Gasteiger partial charge in [0.2, 0.25) is 5.89 Å². The Kier molecular flexibility index (Phi) is 5.07. The molecule has 0 aliphatic carbocycles. The predicted octanol–water partition coefficient (Wildman–Crippen LogP) is 2.28. The molecule has 2 aromatic rings. The van der Waals surface area contributed by atoms with Gasteiger partial charge >= 0.3 is 0 Å². The lowest BCUT2D eigenvalue weighted by Crippen LogP contribution is -2.34. The van der Waals surface area contributed by atoms with Crippen LogP contribution in [0.3, 0.4) is 0 Å². The van der Waals surface area contributed by atoms with Crippen LogP contribution in [0.25, 0.3) is 0 Å². The third kappa shape index (κ3) is 3.79. The highest BCUT2D eigenvalue weighted by Crippen LogP contribution is 2.27. The van der Waals surface area contributed by atoms with Gasteiger partial charge in [0, 0.05) is 38.0 Å². The molecular formula is C16H25N5O2. The fourth-order valence-electron chi connectivity index (χ4n) is 3.24. The molecule has 3 heterocycles. The fraction of sp³-hybridized carbons (Fsp3) is 0.688. The second-order valence-electron chi connectivity index (χ2n) is 6.10. The minimum Gasteiger partial charge on any atom is -0.371 e. The Morgan fingerprint density at radius 3 is 3.09 bits per heavy atom. The molecule has 2 atom stereocenters. The summed E-state index contributed by atoms with van der Waals surface area (Å²) in [6, 6.07) is 2.11. The first kappa shape index (κ1) is 16.1. The first-order chi connectivity index (χ1) is 11.2. The molecule has 1 saturated heterocycles. The molecule has 0 radical (unpaired) electrons. The molecule has 0 N–H and O–H groups in total. The molecule has 7 nitrogen and oxygen atoms in total. The van der Waals surface area contributed by atoms with Gasteiger partial charge in [-0.2, -0.15) is 10.1 Å². The zero-order chi connectivity index (χ0) is 16.2. The highest BCUT2D eigenvalue weighted by atomic mass is 16.5. The molecule has 23 heavy (non-hydrogen) atoms. The monoisotopic (exact) mass is 319 g/mol. The van der Waals surface area contributed by atoms with Crippen molar-refractivity contribution in [3.8, 4) is 0 Å². The molecule has 7 heteroatoms. The number of hydrogen-bond acceptors (Lipinski definition) is 6. The molecule has 1 aliphatic heterocycles. The normalized spacial score (nSPS) is 20.7. The standard InChI is InChI=1S/C16H25N5O2/c1-4-22-12(2)16-18-15(23-19-16)11-21-9-5-6-13(10-21)14-7-8-17-20(14)3/h7-8,12-13H,4-6,9-11H2,1-3H3/t12-,13+/m0/s1. The second kappa shape index (κ2) is 7.23. The zero-order valence-electron chi connectivity index (χ0n) is 14.1. The van der Waals surface area contributed by atoms with E-state index < -0.39 is 0 Å². The summed E-state index contributed by atoms with van der Waals surface area (Å²) in [6.45, 7) is 7.30. The Balaban J connectivity index is 1.61. The maximum atomic E-state index is 5.50. The second-order valence-corrected chi connectivity index (χ2v) is 6.10. The smallest absolute Gasteiger partial charge is 0.240 e. The van der Waals surface area contributed by atoms with Crippen molar-refractivity contribution >= 4 is 0 Å². The molecule has 0 spiro atoms. The van der Waals surface area contributed by atoms with Gasteiger partial charge in [-0.25, -0.2) is 0 Å². The number of hydrogen-bond donors (Lipinski definition) is 0. The van der Waals surface area contributed by atoms with Crippen LogP contribution in [0, 0.1) is 0 Å². The van der Waals surface area contributed by atoms with E-state index in [0.717, 1.165) is 13.1 Å². The molecule has 126 valence electrons. The van der Waals surface area contributed by atoms with Crippen LogP contribution in [0.15, 0.2) is 16.8 Å². The van der Waals surface area contributed by atoms with E-state index in [1.54, 1.807) is 0 Å². The lowest BCUT2D eigenvalue weighted by molar-refractivity contribution is 0.0683. The summed E-state index contributed by atoms with van der Waals surface area (Å²) in [5, 5.41) is 8.32. The zero-order valence-corrected chi connectivity index (χ0v) is 14.1. The van der Waals surface area contributed by atoms with Crippen molar-refractivity contribution in [1.82, 2.24) is 24.8 Å². The number of ether oxygens (including phenoxy) is 1. The molecule has 1 aliphatic rings. The quantitative estimate of drug-likeness (QED) is 0.813. The summed E-state index contributed by atoms with van der Waals surface area (Å²) in [6.07, 6.45) is 4.12. The average Bonchev–Trinajstić information content (AvgIpc) is 3.17. The van der Waals surface area contributed by atoms with Crippen LogP contribution in [-0.2, 0) is 18.3 Å². The highest BCUT2D eigenvalue weighted by Gasteiger charge is 2.25. The third-order valence-electron chi connectivity index (χ3n) is 4.41. The topological polar surface area (TPSA) is 69.2 Å². The molecule has 0 saturated carbocycles. The van der Waals surface area contributed by atoms with Gasteiger partial charge in [0.15, 0.2) is 5.82 Å². The number of rotatable bonds is 6. The van der Waals surface area contributed by atoms with E-state index >= 15 is 0 Å². The van der Waals surface area contributed by atoms with E-state index in [-0.39, 0.29) is 6.10 Å². The van der Waals surface area contributed by atoms with Gasteiger partial charge in [-0.3, -0.25) is 9.58 Å². The fourth-order valence-corrected chi connectivity index (χ4v) is 3.24. The molecule has 0 unspecified atom stereocenters. The molecule has 0 bridgehead atoms. The average molecular weight is 319 g/mol. The van der Waals surface area contributed by atoms with Gasteiger partial charge < -0.3 is 9.26 Å². The predicted molar refractivity (Wildman–Crippen MR) is 84.8 cm³/mol. The number of nitrogens with zero attached hydrogens (tertiary/aromatic N) is 5. The van der Waals surface area contributed by atoms with Gasteiger partial charge in [0.05, 0.1) is 6.54 Å². The van der Waals surface area contributed by atoms with E-state index in [1.165, 1.54) is 18.5 Å². The molecule has 0 aromatic carbocycles. The summed E-state index contributed by atoms with van der Waals surface area (Å²) in [5.41, 5.74) is 1.30. The summed E-state index contributed by atoms with van der Waals surface area (Å²) < 4.78 is 12.9. The van der Waals surface area contributed by atoms with Crippen molar-refractivity contribution < 1.29 is 9.26 Å². The Hall–Kier alpha value is -1.73. The van der Waals surface area contributed by atoms with E-state index in [9.17, 15) is 0 Å². The van der Waals surface area contributed by atoms with Crippen LogP contribution >= 0.6 is 0 Å². The van der Waals surface area contributed by atoms with Crippen LogP contribution < -0.4 is 0 Å². The lowest BCUT2D eigenvalue weighted by Gasteiger charge is -2.31. The van der Waals surface area contributed by atoms with Crippen LogP contribution in [0.1, 0.15) is 56.1 Å². The van der Waals surface area contributed by atoms with Gasteiger partial charge in [0.1, 0.15) is 6.10 Å². The van der Waals surface area contributed by atoms with Gasteiger partial charge in [-0.15, -0.1) is 0 Å². The van der Waals surface area contributed by atoms with Gasteiger partial charge in [0.25, 0.3) is 0 Å². The molecular weight excluding hydrogens is 294 g/mol. The summed E-state index contributed by atoms with van der Waals surface area (Å²) in [7, 11) is 2.01. The van der Waals surface area contributed by atoms with Crippen LogP contribution in [0.2, 0.25) is 0 Å². The third-order valence-corrected chi connectivity index (χ3v) is 4.41. The van der Waals surface area contributed by atoms with Gasteiger partial charge in [-0.1, -0.05) is 5.16 Å².